The summed E-state index contributed by atoms with van der Waals surface area (Å²) in [6.45, 7) is 3.13. The Hall–Kier alpha value is -0.810. The van der Waals surface area contributed by atoms with Gasteiger partial charge in [-0.15, -0.1) is 0 Å². The highest BCUT2D eigenvalue weighted by Gasteiger charge is 2.23. The highest BCUT2D eigenvalue weighted by atomic mass is 79.9. The van der Waals surface area contributed by atoms with E-state index in [0.717, 1.165) is 19.4 Å². The van der Waals surface area contributed by atoms with Gasteiger partial charge in [-0.3, -0.25) is 4.79 Å². The number of rotatable bonds is 2. The van der Waals surface area contributed by atoms with Crippen LogP contribution in [0.4, 0.5) is 0 Å². The van der Waals surface area contributed by atoms with Crippen LogP contribution < -0.4 is 10.6 Å². The first kappa shape index (κ1) is 11.7. The van der Waals surface area contributed by atoms with Crippen molar-refractivity contribution in [3.63, 3.8) is 0 Å². The number of carbonyl (C=O) groups excluding carboxylic acids is 1. The Morgan fingerprint density at radius 2 is 2.50 bits per heavy atom. The van der Waals surface area contributed by atoms with Crippen LogP contribution in [0.25, 0.3) is 0 Å². The van der Waals surface area contributed by atoms with Crippen molar-refractivity contribution in [2.24, 2.45) is 0 Å². The lowest BCUT2D eigenvalue weighted by atomic mass is 9.99. The van der Waals surface area contributed by atoms with Crippen LogP contribution in [0, 0.1) is 0 Å². The highest BCUT2D eigenvalue weighted by Crippen LogP contribution is 2.15. The molecule has 0 aliphatic carbocycles. The first-order chi connectivity index (χ1) is 7.66. The minimum absolute atomic E-state index is 0.0741. The molecule has 0 saturated carbocycles. The van der Waals surface area contributed by atoms with E-state index < -0.39 is 0 Å². The molecule has 0 spiro atoms. The van der Waals surface area contributed by atoms with Gasteiger partial charge in [-0.2, -0.15) is 0 Å². The van der Waals surface area contributed by atoms with Crippen LogP contribution in [0.5, 0.6) is 0 Å². The molecule has 88 valence electrons. The fraction of sp³-hybridized carbons (Fsp3) is 0.545. The second-order valence-electron chi connectivity index (χ2n) is 4.10. The van der Waals surface area contributed by atoms with E-state index in [2.05, 4.69) is 33.5 Å². The molecule has 0 radical (unpaired) electrons. The van der Waals surface area contributed by atoms with Gasteiger partial charge >= 0.3 is 0 Å². The maximum Gasteiger partial charge on any atom is 0.254 e. The van der Waals surface area contributed by atoms with Gasteiger partial charge < -0.3 is 15.1 Å². The van der Waals surface area contributed by atoms with Gasteiger partial charge in [-0.1, -0.05) is 0 Å². The molecule has 5 heteroatoms. The first-order valence-electron chi connectivity index (χ1n) is 5.45. The van der Waals surface area contributed by atoms with E-state index in [9.17, 15) is 4.79 Å². The number of hydrogen-bond acceptors (Lipinski definition) is 3. The molecule has 2 unspecified atom stereocenters. The molecule has 1 saturated heterocycles. The van der Waals surface area contributed by atoms with E-state index in [1.54, 1.807) is 6.07 Å². The second-order valence-corrected chi connectivity index (χ2v) is 4.89. The summed E-state index contributed by atoms with van der Waals surface area (Å²) in [6.07, 6.45) is 3.59. The van der Waals surface area contributed by atoms with Crippen LogP contribution in [-0.2, 0) is 0 Å². The largest absolute Gasteiger partial charge is 0.457 e. The maximum absolute atomic E-state index is 11.9. The molecule has 0 bridgehead atoms. The van der Waals surface area contributed by atoms with Gasteiger partial charge in [0.25, 0.3) is 5.91 Å². The van der Waals surface area contributed by atoms with Gasteiger partial charge in [0.1, 0.15) is 6.26 Å². The molecule has 1 aliphatic heterocycles. The Kier molecular flexibility index (Phi) is 3.66. The zero-order chi connectivity index (χ0) is 11.5. The third kappa shape index (κ3) is 2.65. The quantitative estimate of drug-likeness (QED) is 0.873. The number of hydrogen-bond donors (Lipinski definition) is 2. The molecule has 2 atom stereocenters. The van der Waals surface area contributed by atoms with Gasteiger partial charge in [-0.05, 0) is 42.2 Å². The predicted molar refractivity (Wildman–Crippen MR) is 64.4 cm³/mol. The molecule has 1 aliphatic rings. The van der Waals surface area contributed by atoms with Crippen LogP contribution in [-0.4, -0.2) is 24.5 Å². The Labute approximate surface area is 103 Å². The highest BCUT2D eigenvalue weighted by molar-refractivity contribution is 9.10. The fourth-order valence-corrected chi connectivity index (χ4v) is 2.26. The van der Waals surface area contributed by atoms with Crippen molar-refractivity contribution in [3.05, 3.63) is 22.6 Å². The van der Waals surface area contributed by atoms with E-state index in [4.69, 9.17) is 4.42 Å². The monoisotopic (exact) mass is 286 g/mol. The molecule has 2 heterocycles. The van der Waals surface area contributed by atoms with E-state index >= 15 is 0 Å². The van der Waals surface area contributed by atoms with Crippen LogP contribution in [0.1, 0.15) is 30.1 Å². The van der Waals surface area contributed by atoms with Gasteiger partial charge in [0.05, 0.1) is 5.56 Å². The molecule has 1 aromatic rings. The predicted octanol–water partition coefficient (Wildman–Crippen LogP) is 1.91. The lowest BCUT2D eigenvalue weighted by Gasteiger charge is -2.30. The molecular weight excluding hydrogens is 272 g/mol. The van der Waals surface area contributed by atoms with E-state index in [0.29, 0.717) is 16.3 Å². The number of furan rings is 1. The van der Waals surface area contributed by atoms with Crippen molar-refractivity contribution in [2.75, 3.05) is 6.54 Å². The molecule has 16 heavy (non-hydrogen) atoms. The summed E-state index contributed by atoms with van der Waals surface area (Å²) in [4.78, 5) is 11.9. The van der Waals surface area contributed by atoms with Gasteiger partial charge in [-0.25, -0.2) is 0 Å². The summed E-state index contributed by atoms with van der Waals surface area (Å²) in [5.41, 5.74) is 0.560. The molecular formula is C11H15BrN2O2. The third-order valence-electron chi connectivity index (χ3n) is 2.91. The topological polar surface area (TPSA) is 54.3 Å². The third-order valence-corrected chi connectivity index (χ3v) is 3.32. The summed E-state index contributed by atoms with van der Waals surface area (Å²) in [6, 6.07) is 2.21. The zero-order valence-electron chi connectivity index (χ0n) is 9.13. The van der Waals surface area contributed by atoms with E-state index in [1.807, 2.05) is 0 Å². The molecule has 1 amide bonds. The fourth-order valence-electron chi connectivity index (χ4n) is 1.92. The molecule has 2 N–H and O–H groups in total. The van der Waals surface area contributed by atoms with E-state index in [-0.39, 0.29) is 11.9 Å². The van der Waals surface area contributed by atoms with Crippen molar-refractivity contribution < 1.29 is 9.21 Å². The van der Waals surface area contributed by atoms with Crippen molar-refractivity contribution in [3.8, 4) is 0 Å². The van der Waals surface area contributed by atoms with Crippen LogP contribution in [0.2, 0.25) is 0 Å². The number of amides is 1. The first-order valence-corrected chi connectivity index (χ1v) is 6.24. The van der Waals surface area contributed by atoms with Crippen molar-refractivity contribution in [2.45, 2.75) is 31.8 Å². The van der Waals surface area contributed by atoms with Crippen LogP contribution in [0.15, 0.2) is 21.4 Å². The minimum Gasteiger partial charge on any atom is -0.457 e. The Balaban J connectivity index is 1.96. The second kappa shape index (κ2) is 5.01. The summed E-state index contributed by atoms with van der Waals surface area (Å²) in [7, 11) is 0. The number of carbonyl (C=O) groups is 1. The SMILES string of the molecule is CC1NCCCC1NC(=O)c1coc(Br)c1. The standard InChI is InChI=1S/C11H15BrN2O2/c1-7-9(3-2-4-13-7)14-11(15)8-5-10(12)16-6-8/h5-7,9,13H,2-4H2,1H3,(H,14,15). The average molecular weight is 287 g/mol. The maximum atomic E-state index is 11.9. The Bertz CT molecular complexity index is 378. The van der Waals surface area contributed by atoms with Crippen LogP contribution in [0.3, 0.4) is 0 Å². The average Bonchev–Trinajstić information content (AvgIpc) is 2.68. The number of nitrogens with one attached hydrogen (secondary N) is 2. The Morgan fingerprint density at radius 1 is 1.69 bits per heavy atom. The van der Waals surface area contributed by atoms with Crippen molar-refractivity contribution in [1.82, 2.24) is 10.6 Å². The lowest BCUT2D eigenvalue weighted by molar-refractivity contribution is 0.0919. The van der Waals surface area contributed by atoms with Gasteiger partial charge in [0, 0.05) is 18.2 Å². The van der Waals surface area contributed by atoms with E-state index in [1.165, 1.54) is 6.26 Å². The van der Waals surface area contributed by atoms with Crippen molar-refractivity contribution in [1.29, 1.82) is 0 Å². The van der Waals surface area contributed by atoms with Gasteiger partial charge in [0.15, 0.2) is 4.67 Å². The zero-order valence-corrected chi connectivity index (χ0v) is 10.7. The molecule has 2 rings (SSSR count). The van der Waals surface area contributed by atoms with Crippen LogP contribution >= 0.6 is 15.9 Å². The summed E-state index contributed by atoms with van der Waals surface area (Å²) in [5.74, 6) is -0.0741. The molecule has 0 aromatic carbocycles. The lowest BCUT2D eigenvalue weighted by Crippen LogP contribution is -2.51. The smallest absolute Gasteiger partial charge is 0.254 e. The number of halogens is 1. The molecule has 4 nitrogen and oxygen atoms in total. The summed E-state index contributed by atoms with van der Waals surface area (Å²) in [5, 5.41) is 6.36. The van der Waals surface area contributed by atoms with Gasteiger partial charge in [0.2, 0.25) is 0 Å². The minimum atomic E-state index is -0.0741. The van der Waals surface area contributed by atoms with Crippen molar-refractivity contribution >= 4 is 21.8 Å². The summed E-state index contributed by atoms with van der Waals surface area (Å²) >= 11 is 3.18. The normalized spacial score (nSPS) is 25.4. The number of piperidine rings is 1. The summed E-state index contributed by atoms with van der Waals surface area (Å²) < 4.78 is 5.62. The molecule has 1 fully saturated rings. The molecule has 1 aromatic heterocycles. The Morgan fingerprint density at radius 3 is 3.12 bits per heavy atom.